The van der Waals surface area contributed by atoms with Crippen LogP contribution in [0, 0.1) is 12.8 Å². The molecule has 0 aliphatic carbocycles. The van der Waals surface area contributed by atoms with Crippen molar-refractivity contribution in [2.75, 3.05) is 19.6 Å². The first kappa shape index (κ1) is 16.7. The molecule has 0 radical (unpaired) electrons. The number of rotatable bonds is 5. The number of H-pyrrole nitrogens is 1. The molecule has 0 spiro atoms. The Balaban J connectivity index is 2.28. The molecule has 1 aliphatic heterocycles. The van der Waals surface area contributed by atoms with Gasteiger partial charge in [0.1, 0.15) is 0 Å². The van der Waals surface area contributed by atoms with Crippen molar-refractivity contribution in [3.8, 4) is 0 Å². The van der Waals surface area contributed by atoms with E-state index in [4.69, 9.17) is 0 Å². The van der Waals surface area contributed by atoms with E-state index in [-0.39, 0.29) is 15.1 Å². The zero-order chi connectivity index (χ0) is 15.6. The summed E-state index contributed by atoms with van der Waals surface area (Å²) in [4.78, 5) is 13.6. The van der Waals surface area contributed by atoms with Crippen LogP contribution in [0.1, 0.15) is 32.4 Å². The van der Waals surface area contributed by atoms with Crippen molar-refractivity contribution in [3.05, 3.63) is 15.4 Å². The Labute approximate surface area is 129 Å². The van der Waals surface area contributed by atoms with Gasteiger partial charge in [-0.25, -0.2) is 8.42 Å². The minimum absolute atomic E-state index is 0.131. The summed E-state index contributed by atoms with van der Waals surface area (Å²) in [5.74, 6) is 0.326. The molecule has 1 saturated heterocycles. The summed E-state index contributed by atoms with van der Waals surface area (Å²) >= 11 is 0.773. The van der Waals surface area contributed by atoms with Gasteiger partial charge in [0.05, 0.1) is 0 Å². The van der Waals surface area contributed by atoms with Gasteiger partial charge >= 0.3 is 4.87 Å². The number of thiazole rings is 1. The summed E-state index contributed by atoms with van der Waals surface area (Å²) in [5.41, 5.74) is 0.428. The molecular weight excluding hydrogens is 310 g/mol. The summed E-state index contributed by atoms with van der Waals surface area (Å²) in [6, 6.07) is -0.131. The van der Waals surface area contributed by atoms with Crippen LogP contribution >= 0.6 is 11.3 Å². The summed E-state index contributed by atoms with van der Waals surface area (Å²) in [5, 5.41) is 3.31. The summed E-state index contributed by atoms with van der Waals surface area (Å²) < 4.78 is 27.3. The first-order valence-corrected chi connectivity index (χ1v) is 9.50. The Morgan fingerprint density at radius 3 is 2.62 bits per heavy atom. The van der Waals surface area contributed by atoms with Crippen molar-refractivity contribution in [2.45, 2.75) is 43.9 Å². The number of hydrogen-bond acceptors (Lipinski definition) is 5. The molecule has 2 heterocycles. The van der Waals surface area contributed by atoms with Crippen molar-refractivity contribution in [1.29, 1.82) is 0 Å². The zero-order valence-electron chi connectivity index (χ0n) is 12.7. The molecule has 0 aromatic carbocycles. The Bertz CT molecular complexity index is 627. The molecule has 21 heavy (non-hydrogen) atoms. The van der Waals surface area contributed by atoms with Crippen molar-refractivity contribution in [2.24, 2.45) is 5.92 Å². The lowest BCUT2D eigenvalue weighted by molar-refractivity contribution is 0.264. The smallest absolute Gasteiger partial charge is 0.305 e. The van der Waals surface area contributed by atoms with Gasteiger partial charge in [-0.1, -0.05) is 11.3 Å². The fourth-order valence-electron chi connectivity index (χ4n) is 2.66. The van der Waals surface area contributed by atoms with Crippen LogP contribution < -0.4 is 10.2 Å². The van der Waals surface area contributed by atoms with Crippen LogP contribution in [-0.2, 0) is 10.0 Å². The molecule has 1 atom stereocenters. The quantitative estimate of drug-likeness (QED) is 0.847. The molecular formula is C13H23N3O3S2. The van der Waals surface area contributed by atoms with Gasteiger partial charge in [-0.3, -0.25) is 4.79 Å². The molecule has 0 saturated carbocycles. The van der Waals surface area contributed by atoms with Crippen molar-refractivity contribution in [3.63, 3.8) is 0 Å². The lowest BCUT2D eigenvalue weighted by atomic mass is 9.99. The second kappa shape index (κ2) is 6.60. The number of aryl methyl sites for hydroxylation is 1. The van der Waals surface area contributed by atoms with Gasteiger partial charge in [0.2, 0.25) is 0 Å². The largest absolute Gasteiger partial charge is 0.316 e. The maximum atomic E-state index is 12.8. The fourth-order valence-corrected chi connectivity index (χ4v) is 5.79. The van der Waals surface area contributed by atoms with E-state index in [0.29, 0.717) is 18.2 Å². The van der Waals surface area contributed by atoms with Crippen LogP contribution in [0.5, 0.6) is 0 Å². The highest BCUT2D eigenvalue weighted by Gasteiger charge is 2.32. The van der Waals surface area contributed by atoms with Gasteiger partial charge in [0, 0.05) is 18.3 Å². The van der Waals surface area contributed by atoms with Crippen LogP contribution in [0.25, 0.3) is 0 Å². The third-order valence-electron chi connectivity index (χ3n) is 3.74. The number of hydrogen-bond donors (Lipinski definition) is 2. The number of aromatic nitrogens is 1. The predicted molar refractivity (Wildman–Crippen MR) is 84.3 cm³/mol. The van der Waals surface area contributed by atoms with Crippen molar-refractivity contribution < 1.29 is 8.42 Å². The molecule has 1 fully saturated rings. The summed E-state index contributed by atoms with van der Waals surface area (Å²) in [7, 11) is -3.62. The third-order valence-corrected chi connectivity index (χ3v) is 7.36. The molecule has 1 aromatic rings. The molecule has 1 aromatic heterocycles. The average molecular weight is 333 g/mol. The summed E-state index contributed by atoms with van der Waals surface area (Å²) in [6.07, 6.45) is 2.11. The van der Waals surface area contributed by atoms with E-state index in [1.54, 1.807) is 6.92 Å². The standard InChI is InChI=1S/C13H23N3O3S2/c1-9(2)16(8-11-5-4-6-14-7-11)21(18,19)12-10(3)15-13(17)20-12/h9,11,14H,4-8H2,1-3H3,(H,15,17). The van der Waals surface area contributed by atoms with Gasteiger partial charge in [0.15, 0.2) is 4.21 Å². The third kappa shape index (κ3) is 3.74. The Hall–Kier alpha value is -0.700. The topological polar surface area (TPSA) is 82.3 Å². The maximum Gasteiger partial charge on any atom is 0.305 e. The molecule has 2 rings (SSSR count). The van der Waals surface area contributed by atoms with Crippen LogP contribution in [0.15, 0.2) is 9.00 Å². The molecule has 120 valence electrons. The van der Waals surface area contributed by atoms with E-state index in [0.717, 1.165) is 37.3 Å². The predicted octanol–water partition coefficient (Wildman–Crippen LogP) is 1.14. The number of piperidine rings is 1. The highest BCUT2D eigenvalue weighted by Crippen LogP contribution is 2.25. The minimum Gasteiger partial charge on any atom is -0.316 e. The van der Waals surface area contributed by atoms with E-state index < -0.39 is 10.0 Å². The lowest BCUT2D eigenvalue weighted by Crippen LogP contribution is -2.44. The van der Waals surface area contributed by atoms with Gasteiger partial charge in [-0.05, 0) is 52.6 Å². The highest BCUT2D eigenvalue weighted by molar-refractivity contribution is 7.91. The first-order chi connectivity index (χ1) is 9.82. The number of aromatic amines is 1. The molecule has 6 nitrogen and oxygen atoms in total. The monoisotopic (exact) mass is 333 g/mol. The molecule has 2 N–H and O–H groups in total. The number of nitrogens with one attached hydrogen (secondary N) is 2. The Morgan fingerprint density at radius 2 is 2.14 bits per heavy atom. The first-order valence-electron chi connectivity index (χ1n) is 7.24. The highest BCUT2D eigenvalue weighted by atomic mass is 32.2. The molecule has 1 aliphatic rings. The molecule has 1 unspecified atom stereocenters. The molecule has 0 amide bonds. The van der Waals surface area contributed by atoms with Crippen LogP contribution in [0.3, 0.4) is 0 Å². The van der Waals surface area contributed by atoms with E-state index in [9.17, 15) is 13.2 Å². The lowest BCUT2D eigenvalue weighted by Gasteiger charge is -2.31. The normalized spacial score (nSPS) is 20.3. The fraction of sp³-hybridized carbons (Fsp3) is 0.769. The average Bonchev–Trinajstić information content (AvgIpc) is 2.76. The number of sulfonamides is 1. The van der Waals surface area contributed by atoms with E-state index in [2.05, 4.69) is 10.3 Å². The second-order valence-electron chi connectivity index (χ2n) is 5.81. The Morgan fingerprint density at radius 1 is 1.43 bits per heavy atom. The van der Waals surface area contributed by atoms with Gasteiger partial charge in [0.25, 0.3) is 10.0 Å². The van der Waals surface area contributed by atoms with E-state index in [1.165, 1.54) is 4.31 Å². The van der Waals surface area contributed by atoms with E-state index in [1.807, 2.05) is 13.8 Å². The van der Waals surface area contributed by atoms with Gasteiger partial charge in [-0.15, -0.1) is 0 Å². The van der Waals surface area contributed by atoms with Gasteiger partial charge in [-0.2, -0.15) is 4.31 Å². The SMILES string of the molecule is Cc1[nH]c(=O)sc1S(=O)(=O)N(CC1CCCNC1)C(C)C. The van der Waals surface area contributed by atoms with Crippen LogP contribution in [0.2, 0.25) is 0 Å². The van der Waals surface area contributed by atoms with Gasteiger partial charge < -0.3 is 10.3 Å². The maximum absolute atomic E-state index is 12.8. The Kier molecular flexibility index (Phi) is 5.24. The zero-order valence-corrected chi connectivity index (χ0v) is 14.3. The van der Waals surface area contributed by atoms with Crippen molar-refractivity contribution >= 4 is 21.4 Å². The van der Waals surface area contributed by atoms with Crippen molar-refractivity contribution in [1.82, 2.24) is 14.6 Å². The summed E-state index contributed by atoms with van der Waals surface area (Å²) in [6.45, 7) is 7.73. The van der Waals surface area contributed by atoms with Crippen LogP contribution in [-0.4, -0.2) is 43.4 Å². The molecule has 0 bridgehead atoms. The second-order valence-corrected chi connectivity index (χ2v) is 8.88. The molecule has 8 heteroatoms. The minimum atomic E-state index is -3.62. The number of nitrogens with zero attached hydrogens (tertiary/aromatic N) is 1. The van der Waals surface area contributed by atoms with E-state index >= 15 is 0 Å². The van der Waals surface area contributed by atoms with Crippen LogP contribution in [0.4, 0.5) is 0 Å².